The molecule has 0 saturated carbocycles. The van der Waals surface area contributed by atoms with Gasteiger partial charge in [-0.05, 0) is 0 Å². The Morgan fingerprint density at radius 1 is 1.71 bits per heavy atom. The van der Waals surface area contributed by atoms with Crippen molar-refractivity contribution in [2.75, 3.05) is 13.2 Å². The summed E-state index contributed by atoms with van der Waals surface area (Å²) in [6.45, 7) is 1.68. The molecule has 0 aromatic carbocycles. The van der Waals surface area contributed by atoms with Gasteiger partial charge < -0.3 is 19.7 Å². The molecule has 2 rings (SSSR count). The highest BCUT2D eigenvalue weighted by Crippen LogP contribution is 2.05. The van der Waals surface area contributed by atoms with Crippen LogP contribution in [0.1, 0.15) is 5.69 Å². The summed E-state index contributed by atoms with van der Waals surface area (Å²) in [5, 5.41) is 12.7. The first kappa shape index (κ1) is 9.64. The van der Waals surface area contributed by atoms with Crippen LogP contribution in [0, 0.1) is 0 Å². The topological polar surface area (TPSA) is 59.3 Å². The molecule has 14 heavy (non-hydrogen) atoms. The van der Waals surface area contributed by atoms with Crippen molar-refractivity contribution >= 4 is 0 Å². The Morgan fingerprint density at radius 3 is 3.14 bits per heavy atom. The highest BCUT2D eigenvalue weighted by molar-refractivity contribution is 4.96. The smallest absolute Gasteiger partial charge is 0.0948 e. The van der Waals surface area contributed by atoms with Crippen LogP contribution in [0.5, 0.6) is 0 Å². The average molecular weight is 197 g/mol. The lowest BCUT2D eigenvalue weighted by molar-refractivity contribution is 0.122. The molecule has 1 saturated heterocycles. The third-order valence-corrected chi connectivity index (χ3v) is 2.35. The number of aromatic nitrogens is 2. The molecule has 0 aliphatic carbocycles. The van der Waals surface area contributed by atoms with Crippen molar-refractivity contribution < 1.29 is 9.84 Å². The van der Waals surface area contributed by atoms with Crippen LogP contribution in [0.2, 0.25) is 0 Å². The normalized spacial score (nSPS) is 27.0. The van der Waals surface area contributed by atoms with Gasteiger partial charge in [0.05, 0.1) is 37.4 Å². The van der Waals surface area contributed by atoms with Crippen molar-refractivity contribution in [3.63, 3.8) is 0 Å². The van der Waals surface area contributed by atoms with Crippen molar-refractivity contribution in [3.05, 3.63) is 18.2 Å². The van der Waals surface area contributed by atoms with Crippen molar-refractivity contribution in [1.29, 1.82) is 0 Å². The van der Waals surface area contributed by atoms with Gasteiger partial charge in [-0.1, -0.05) is 0 Å². The van der Waals surface area contributed by atoms with Gasteiger partial charge in [0.15, 0.2) is 0 Å². The number of hydrogen-bond donors (Lipinski definition) is 2. The van der Waals surface area contributed by atoms with E-state index in [-0.39, 0.29) is 6.04 Å². The highest BCUT2D eigenvalue weighted by Gasteiger charge is 2.25. The van der Waals surface area contributed by atoms with Crippen LogP contribution >= 0.6 is 0 Å². The summed E-state index contributed by atoms with van der Waals surface area (Å²) in [6, 6.07) is 0.0389. The fourth-order valence-electron chi connectivity index (χ4n) is 1.53. The zero-order valence-electron chi connectivity index (χ0n) is 8.18. The Hall–Kier alpha value is -0.910. The standard InChI is InChI=1S/C9H15N3O2/c1-12-3-7(11-6-12)2-10-8-4-14-5-9(8)13/h3,6,8-10,13H,2,4-5H2,1H3. The van der Waals surface area contributed by atoms with Crippen LogP contribution in [0.3, 0.4) is 0 Å². The third kappa shape index (κ3) is 2.12. The minimum Gasteiger partial charge on any atom is -0.389 e. The SMILES string of the molecule is Cn1cnc(CNC2COCC2O)c1. The number of nitrogens with one attached hydrogen (secondary N) is 1. The minimum atomic E-state index is -0.390. The molecule has 1 aromatic heterocycles. The molecule has 2 unspecified atom stereocenters. The summed E-state index contributed by atoms with van der Waals surface area (Å²) in [4.78, 5) is 4.18. The molecule has 1 aromatic rings. The van der Waals surface area contributed by atoms with Gasteiger partial charge >= 0.3 is 0 Å². The molecular formula is C9H15N3O2. The van der Waals surface area contributed by atoms with Crippen LogP contribution in [-0.2, 0) is 18.3 Å². The number of rotatable bonds is 3. The summed E-state index contributed by atoms with van der Waals surface area (Å²) >= 11 is 0. The summed E-state index contributed by atoms with van der Waals surface area (Å²) in [6.07, 6.45) is 3.33. The first-order chi connectivity index (χ1) is 6.75. The zero-order valence-corrected chi connectivity index (χ0v) is 8.18. The second-order valence-electron chi connectivity index (χ2n) is 3.62. The molecule has 78 valence electrons. The lowest BCUT2D eigenvalue weighted by Gasteiger charge is -2.12. The molecule has 1 fully saturated rings. The molecule has 0 radical (unpaired) electrons. The molecule has 0 spiro atoms. The van der Waals surface area contributed by atoms with Crippen LogP contribution in [0.25, 0.3) is 0 Å². The van der Waals surface area contributed by atoms with Crippen LogP contribution in [-0.4, -0.2) is 40.0 Å². The fraction of sp³-hybridized carbons (Fsp3) is 0.667. The monoisotopic (exact) mass is 197 g/mol. The number of nitrogens with zero attached hydrogens (tertiary/aromatic N) is 2. The van der Waals surface area contributed by atoms with E-state index in [1.165, 1.54) is 0 Å². The Morgan fingerprint density at radius 2 is 2.57 bits per heavy atom. The van der Waals surface area contributed by atoms with E-state index in [2.05, 4.69) is 10.3 Å². The van der Waals surface area contributed by atoms with E-state index >= 15 is 0 Å². The van der Waals surface area contributed by atoms with Crippen molar-refractivity contribution in [1.82, 2.24) is 14.9 Å². The fourth-order valence-corrected chi connectivity index (χ4v) is 1.53. The van der Waals surface area contributed by atoms with Crippen molar-refractivity contribution in [2.24, 2.45) is 7.05 Å². The van der Waals surface area contributed by atoms with Gasteiger partial charge in [0.25, 0.3) is 0 Å². The molecule has 1 aliphatic heterocycles. The number of aryl methyl sites for hydroxylation is 1. The first-order valence-electron chi connectivity index (χ1n) is 4.72. The Labute approximate surface area is 82.7 Å². The van der Waals surface area contributed by atoms with Crippen LogP contribution in [0.4, 0.5) is 0 Å². The van der Waals surface area contributed by atoms with Crippen LogP contribution in [0.15, 0.2) is 12.5 Å². The molecule has 5 nitrogen and oxygen atoms in total. The second kappa shape index (κ2) is 4.08. The maximum Gasteiger partial charge on any atom is 0.0948 e. The average Bonchev–Trinajstić information content (AvgIpc) is 2.72. The largest absolute Gasteiger partial charge is 0.389 e. The molecule has 2 atom stereocenters. The highest BCUT2D eigenvalue weighted by atomic mass is 16.5. The molecule has 1 aliphatic rings. The van der Waals surface area contributed by atoms with E-state index in [1.54, 1.807) is 6.33 Å². The molecule has 0 amide bonds. The minimum absolute atomic E-state index is 0.0389. The van der Waals surface area contributed by atoms with E-state index < -0.39 is 6.10 Å². The summed E-state index contributed by atoms with van der Waals surface area (Å²) in [5.74, 6) is 0. The number of aliphatic hydroxyl groups is 1. The molecule has 0 bridgehead atoms. The number of hydrogen-bond acceptors (Lipinski definition) is 4. The first-order valence-corrected chi connectivity index (χ1v) is 4.72. The lowest BCUT2D eigenvalue weighted by Crippen LogP contribution is -2.38. The summed E-state index contributed by atoms with van der Waals surface area (Å²) in [5.41, 5.74) is 0.978. The van der Waals surface area contributed by atoms with E-state index in [0.717, 1.165) is 5.69 Å². The van der Waals surface area contributed by atoms with Gasteiger partial charge in [0, 0.05) is 19.8 Å². The number of aliphatic hydroxyl groups excluding tert-OH is 1. The number of ether oxygens (including phenoxy) is 1. The molecular weight excluding hydrogens is 182 g/mol. The van der Waals surface area contributed by atoms with E-state index in [1.807, 2.05) is 17.8 Å². The van der Waals surface area contributed by atoms with E-state index in [9.17, 15) is 5.11 Å². The third-order valence-electron chi connectivity index (χ3n) is 2.35. The lowest BCUT2D eigenvalue weighted by atomic mass is 10.2. The van der Waals surface area contributed by atoms with E-state index in [0.29, 0.717) is 19.8 Å². The zero-order chi connectivity index (χ0) is 9.97. The van der Waals surface area contributed by atoms with Crippen molar-refractivity contribution in [2.45, 2.75) is 18.7 Å². The van der Waals surface area contributed by atoms with Gasteiger partial charge in [-0.25, -0.2) is 4.98 Å². The van der Waals surface area contributed by atoms with Gasteiger partial charge in [0.2, 0.25) is 0 Å². The molecule has 2 N–H and O–H groups in total. The van der Waals surface area contributed by atoms with Crippen molar-refractivity contribution in [3.8, 4) is 0 Å². The Balaban J connectivity index is 1.82. The Kier molecular flexibility index (Phi) is 2.81. The van der Waals surface area contributed by atoms with Gasteiger partial charge in [-0.3, -0.25) is 0 Å². The maximum atomic E-state index is 9.46. The number of imidazole rings is 1. The summed E-state index contributed by atoms with van der Waals surface area (Å²) in [7, 11) is 1.93. The predicted molar refractivity (Wildman–Crippen MR) is 50.7 cm³/mol. The van der Waals surface area contributed by atoms with E-state index in [4.69, 9.17) is 4.74 Å². The molecule has 5 heteroatoms. The van der Waals surface area contributed by atoms with Crippen LogP contribution < -0.4 is 5.32 Å². The van der Waals surface area contributed by atoms with Gasteiger partial charge in [-0.15, -0.1) is 0 Å². The molecule has 2 heterocycles. The van der Waals surface area contributed by atoms with Gasteiger partial charge in [0.1, 0.15) is 0 Å². The second-order valence-corrected chi connectivity index (χ2v) is 3.62. The maximum absolute atomic E-state index is 9.46. The summed E-state index contributed by atoms with van der Waals surface area (Å²) < 4.78 is 7.03. The quantitative estimate of drug-likeness (QED) is 0.670. The predicted octanol–water partition coefficient (Wildman–Crippen LogP) is -0.731. The van der Waals surface area contributed by atoms with Gasteiger partial charge in [-0.2, -0.15) is 0 Å². The Bertz CT molecular complexity index is 300.